The van der Waals surface area contributed by atoms with Crippen LogP contribution in [0.3, 0.4) is 0 Å². The molecule has 0 bridgehead atoms. The van der Waals surface area contributed by atoms with Crippen molar-refractivity contribution in [1.82, 2.24) is 14.3 Å². The molecular formula is C27H37Cl2N5O4S. The van der Waals surface area contributed by atoms with Gasteiger partial charge in [-0.3, -0.25) is 4.79 Å². The van der Waals surface area contributed by atoms with E-state index in [0.717, 1.165) is 26.0 Å². The Morgan fingerprint density at radius 3 is 2.69 bits per heavy atom. The lowest BCUT2D eigenvalue weighted by Gasteiger charge is -2.35. The summed E-state index contributed by atoms with van der Waals surface area (Å²) in [5.41, 5.74) is 0.881. The van der Waals surface area contributed by atoms with Crippen molar-refractivity contribution < 1.29 is 17.9 Å². The Labute approximate surface area is 241 Å². The third-order valence-corrected chi connectivity index (χ3v) is 10.1. The maximum absolute atomic E-state index is 13.1. The van der Waals surface area contributed by atoms with Crippen molar-refractivity contribution in [2.24, 2.45) is 11.8 Å². The van der Waals surface area contributed by atoms with E-state index < -0.39 is 21.2 Å². The molecule has 2 aromatic rings. The molecule has 2 aliphatic heterocycles. The van der Waals surface area contributed by atoms with E-state index in [1.54, 1.807) is 26.0 Å². The Bertz CT molecular complexity index is 1310. The first kappa shape index (κ1) is 30.0. The van der Waals surface area contributed by atoms with Gasteiger partial charge in [0, 0.05) is 38.0 Å². The molecule has 2 unspecified atom stereocenters. The number of carbonyl (C=O) groups excluding carboxylic acids is 1. The molecule has 2 atom stereocenters. The zero-order valence-corrected chi connectivity index (χ0v) is 25.2. The van der Waals surface area contributed by atoms with E-state index in [4.69, 9.17) is 32.9 Å². The quantitative estimate of drug-likeness (QED) is 0.415. The highest BCUT2D eigenvalue weighted by Gasteiger charge is 2.34. The van der Waals surface area contributed by atoms with E-state index in [1.807, 2.05) is 6.07 Å². The zero-order valence-electron chi connectivity index (χ0n) is 22.8. The summed E-state index contributed by atoms with van der Waals surface area (Å²) in [6.07, 6.45) is 4.61. The minimum Gasteiger partial charge on any atom is -0.376 e. The summed E-state index contributed by atoms with van der Waals surface area (Å²) >= 11 is 13.0. The van der Waals surface area contributed by atoms with Crippen LogP contribution in [-0.2, 0) is 19.6 Å². The molecule has 214 valence electrons. The predicted octanol–water partition coefficient (Wildman–Crippen LogP) is 5.46. The number of aromatic nitrogens is 2. The van der Waals surface area contributed by atoms with Crippen LogP contribution in [0.15, 0.2) is 24.4 Å². The van der Waals surface area contributed by atoms with Gasteiger partial charge < -0.3 is 15.4 Å². The second-order valence-corrected chi connectivity index (χ2v) is 14.5. The van der Waals surface area contributed by atoms with Crippen LogP contribution in [0, 0.1) is 11.8 Å². The van der Waals surface area contributed by atoms with Crippen LogP contribution in [0.5, 0.6) is 0 Å². The van der Waals surface area contributed by atoms with Gasteiger partial charge in [-0.1, -0.05) is 23.2 Å². The number of pyridine rings is 2. The van der Waals surface area contributed by atoms with Gasteiger partial charge in [0.15, 0.2) is 0 Å². The van der Waals surface area contributed by atoms with Crippen molar-refractivity contribution in [3.05, 3.63) is 34.4 Å². The first-order chi connectivity index (χ1) is 18.4. The highest BCUT2D eigenvalue weighted by atomic mass is 35.5. The third-order valence-electron chi connectivity index (χ3n) is 7.29. The van der Waals surface area contributed by atoms with E-state index in [9.17, 15) is 13.2 Å². The van der Waals surface area contributed by atoms with E-state index in [0.29, 0.717) is 58.2 Å². The Morgan fingerprint density at radius 1 is 1.21 bits per heavy atom. The predicted molar refractivity (Wildman–Crippen MR) is 156 cm³/mol. The van der Waals surface area contributed by atoms with Crippen LogP contribution in [-0.4, -0.2) is 65.7 Å². The molecule has 4 heterocycles. The van der Waals surface area contributed by atoms with E-state index >= 15 is 0 Å². The number of piperidine rings is 1. The van der Waals surface area contributed by atoms with Crippen LogP contribution in [0.2, 0.25) is 10.0 Å². The van der Waals surface area contributed by atoms with Gasteiger partial charge in [0.05, 0.1) is 32.5 Å². The van der Waals surface area contributed by atoms with Crippen LogP contribution in [0.4, 0.5) is 11.6 Å². The van der Waals surface area contributed by atoms with Gasteiger partial charge in [0.1, 0.15) is 11.6 Å². The highest BCUT2D eigenvalue weighted by Crippen LogP contribution is 2.35. The van der Waals surface area contributed by atoms with Crippen molar-refractivity contribution in [2.45, 2.75) is 64.2 Å². The van der Waals surface area contributed by atoms with Crippen molar-refractivity contribution in [3.63, 3.8) is 0 Å². The smallest absolute Gasteiger partial charge is 0.229 e. The molecule has 2 aromatic heterocycles. The molecule has 0 radical (unpaired) electrons. The number of nitrogens with zero attached hydrogens (tertiary/aromatic N) is 3. The first-order valence-electron chi connectivity index (χ1n) is 13.4. The SMILES string of the molecule is CC(C)S(=O)(=O)N1CCCC(C(=O)Nc2cc(-c3nc(NCC4CCOC(C)(C)C4)ccc3Cl)c(Cl)cn2)C1. The van der Waals surface area contributed by atoms with Crippen molar-refractivity contribution in [1.29, 1.82) is 0 Å². The van der Waals surface area contributed by atoms with E-state index in [-0.39, 0.29) is 18.1 Å². The zero-order chi connectivity index (χ0) is 28.4. The maximum atomic E-state index is 13.1. The molecule has 2 saturated heterocycles. The number of rotatable bonds is 8. The fourth-order valence-corrected chi connectivity index (χ4v) is 6.88. The van der Waals surface area contributed by atoms with Gasteiger partial charge in [-0.05, 0) is 77.5 Å². The van der Waals surface area contributed by atoms with Crippen LogP contribution >= 0.6 is 23.2 Å². The molecular weight excluding hydrogens is 561 g/mol. The second kappa shape index (κ2) is 12.3. The maximum Gasteiger partial charge on any atom is 0.229 e. The number of hydrogen-bond donors (Lipinski definition) is 2. The average molecular weight is 599 g/mol. The molecule has 0 spiro atoms. The molecule has 2 fully saturated rings. The Kier molecular flexibility index (Phi) is 9.43. The fourth-order valence-electron chi connectivity index (χ4n) is 5.11. The summed E-state index contributed by atoms with van der Waals surface area (Å²) in [5, 5.41) is 6.47. The van der Waals surface area contributed by atoms with Crippen LogP contribution in [0.25, 0.3) is 11.3 Å². The summed E-state index contributed by atoms with van der Waals surface area (Å²) < 4.78 is 32.5. The monoisotopic (exact) mass is 597 g/mol. The molecule has 0 aliphatic carbocycles. The molecule has 2 aliphatic rings. The lowest BCUT2D eigenvalue weighted by molar-refractivity contribution is -0.120. The molecule has 1 amide bonds. The number of ether oxygens (including phenoxy) is 1. The standard InChI is InChI=1S/C27H37Cl2N5O4S/c1-17(2)39(36,37)34-10-5-6-19(16-34)26(35)33-24-12-20(22(29)15-31-24)25-21(28)7-8-23(32-25)30-14-18-9-11-38-27(3,4)13-18/h7-8,12,15,17-19H,5-6,9-11,13-14,16H2,1-4H3,(H,30,32)(H,31,33,35). The Balaban J connectivity index is 1.47. The molecule has 9 nitrogen and oxygen atoms in total. The highest BCUT2D eigenvalue weighted by molar-refractivity contribution is 7.89. The van der Waals surface area contributed by atoms with Gasteiger partial charge >= 0.3 is 0 Å². The van der Waals surface area contributed by atoms with Crippen molar-refractivity contribution in [2.75, 3.05) is 36.9 Å². The normalized spacial score (nSPS) is 22.0. The Hall–Kier alpha value is -1.98. The summed E-state index contributed by atoms with van der Waals surface area (Å²) in [6, 6.07) is 5.24. The number of nitrogens with one attached hydrogen (secondary N) is 2. The summed E-state index contributed by atoms with van der Waals surface area (Å²) in [4.78, 5) is 22.1. The minimum absolute atomic E-state index is 0.132. The van der Waals surface area contributed by atoms with Crippen LogP contribution in [0.1, 0.15) is 53.4 Å². The molecule has 2 N–H and O–H groups in total. The first-order valence-corrected chi connectivity index (χ1v) is 15.6. The van der Waals surface area contributed by atoms with Crippen LogP contribution < -0.4 is 10.6 Å². The van der Waals surface area contributed by atoms with Gasteiger partial charge in [-0.2, -0.15) is 0 Å². The van der Waals surface area contributed by atoms with Gasteiger partial charge in [-0.25, -0.2) is 22.7 Å². The van der Waals surface area contributed by atoms with E-state index in [1.165, 1.54) is 10.5 Å². The second-order valence-electron chi connectivity index (χ2n) is 11.2. The number of sulfonamides is 1. The number of halogens is 2. The van der Waals surface area contributed by atoms with Crippen molar-refractivity contribution >= 4 is 50.8 Å². The lowest BCUT2D eigenvalue weighted by Crippen LogP contribution is -2.46. The molecule has 0 aromatic carbocycles. The molecule has 4 rings (SSSR count). The number of anilines is 2. The van der Waals surface area contributed by atoms with Gasteiger partial charge in [0.2, 0.25) is 15.9 Å². The topological polar surface area (TPSA) is 114 Å². The minimum atomic E-state index is -3.43. The summed E-state index contributed by atoms with van der Waals surface area (Å²) in [7, 11) is -3.43. The van der Waals surface area contributed by atoms with Gasteiger partial charge in [-0.15, -0.1) is 0 Å². The molecule has 39 heavy (non-hydrogen) atoms. The van der Waals surface area contributed by atoms with E-state index in [2.05, 4.69) is 29.5 Å². The number of amides is 1. The number of hydrogen-bond acceptors (Lipinski definition) is 7. The van der Waals surface area contributed by atoms with Gasteiger partial charge in [0.25, 0.3) is 0 Å². The summed E-state index contributed by atoms with van der Waals surface area (Å²) in [6.45, 7) is 9.59. The average Bonchev–Trinajstić information content (AvgIpc) is 2.89. The molecule has 12 heteroatoms. The number of carbonyl (C=O) groups is 1. The van der Waals surface area contributed by atoms with Crippen molar-refractivity contribution in [3.8, 4) is 11.3 Å². The molecule has 0 saturated carbocycles. The third kappa shape index (κ3) is 7.41. The Morgan fingerprint density at radius 2 is 1.97 bits per heavy atom. The fraction of sp³-hybridized carbons (Fsp3) is 0.593. The summed E-state index contributed by atoms with van der Waals surface area (Å²) in [5.74, 6) is 0.674. The lowest BCUT2D eigenvalue weighted by atomic mass is 9.88. The largest absolute Gasteiger partial charge is 0.376 e.